The molecule has 1 aliphatic carbocycles. The van der Waals surface area contributed by atoms with Crippen LogP contribution in [0, 0.1) is 0 Å². The maximum atomic E-state index is 11.7. The smallest absolute Gasteiger partial charge is 0.228 e. The standard InChI is InChI=1S/C23H25N7O2/c1-4-18(31)30-23(2)10-14(11-23)27-22-28-20-19(21(29-22)32-3)15(12-26-20)13-5-6-16-17(9-13)25-8-7-24-16/h5-9,12,14H,4,10-11H2,1-3H3,(H,30,31)(H2,26,27,28,29)/t14-,23-. The van der Waals surface area contributed by atoms with Crippen LogP contribution in [-0.2, 0) is 4.79 Å². The number of hydrogen-bond donors (Lipinski definition) is 3. The first-order chi connectivity index (χ1) is 15.5. The maximum Gasteiger partial charge on any atom is 0.228 e. The molecule has 1 saturated carbocycles. The lowest BCUT2D eigenvalue weighted by Crippen LogP contribution is -2.59. The van der Waals surface area contributed by atoms with E-state index in [9.17, 15) is 4.79 Å². The van der Waals surface area contributed by atoms with Gasteiger partial charge in [0.15, 0.2) is 0 Å². The van der Waals surface area contributed by atoms with Gasteiger partial charge in [-0.15, -0.1) is 0 Å². The number of fused-ring (bicyclic) bond motifs is 2. The van der Waals surface area contributed by atoms with E-state index in [0.29, 0.717) is 23.9 Å². The summed E-state index contributed by atoms with van der Waals surface area (Å²) in [6.07, 6.45) is 7.39. The van der Waals surface area contributed by atoms with E-state index in [4.69, 9.17) is 4.74 Å². The number of rotatable bonds is 6. The van der Waals surface area contributed by atoms with Gasteiger partial charge in [0.25, 0.3) is 0 Å². The quantitative estimate of drug-likeness (QED) is 0.428. The van der Waals surface area contributed by atoms with Gasteiger partial charge in [-0.05, 0) is 37.5 Å². The summed E-state index contributed by atoms with van der Waals surface area (Å²) in [7, 11) is 1.61. The van der Waals surface area contributed by atoms with Crippen molar-refractivity contribution in [2.45, 2.75) is 44.7 Å². The van der Waals surface area contributed by atoms with Gasteiger partial charge >= 0.3 is 0 Å². The first-order valence-corrected chi connectivity index (χ1v) is 10.7. The highest BCUT2D eigenvalue weighted by Gasteiger charge is 2.41. The van der Waals surface area contributed by atoms with Crippen LogP contribution in [0.1, 0.15) is 33.1 Å². The number of nitrogens with zero attached hydrogens (tertiary/aromatic N) is 4. The molecule has 0 spiro atoms. The summed E-state index contributed by atoms with van der Waals surface area (Å²) in [5.41, 5.74) is 4.09. The van der Waals surface area contributed by atoms with Crippen LogP contribution in [0.4, 0.5) is 5.95 Å². The number of carbonyl (C=O) groups excluding carboxylic acids is 1. The number of benzene rings is 1. The van der Waals surface area contributed by atoms with Gasteiger partial charge in [0.1, 0.15) is 5.65 Å². The molecule has 3 aromatic heterocycles. The molecule has 0 aliphatic heterocycles. The van der Waals surface area contributed by atoms with Crippen molar-refractivity contribution in [3.8, 4) is 17.0 Å². The Balaban J connectivity index is 1.41. The van der Waals surface area contributed by atoms with Crippen LogP contribution in [-0.4, -0.2) is 49.5 Å². The predicted molar refractivity (Wildman–Crippen MR) is 122 cm³/mol. The second-order valence-electron chi connectivity index (χ2n) is 8.45. The number of aromatic nitrogens is 5. The Morgan fingerprint density at radius 3 is 2.75 bits per heavy atom. The summed E-state index contributed by atoms with van der Waals surface area (Å²) in [4.78, 5) is 33.0. The zero-order chi connectivity index (χ0) is 22.3. The van der Waals surface area contributed by atoms with Crippen LogP contribution in [0.25, 0.3) is 33.2 Å². The normalized spacial score (nSPS) is 20.2. The van der Waals surface area contributed by atoms with Crippen LogP contribution in [0.5, 0.6) is 5.88 Å². The molecule has 0 atom stereocenters. The largest absolute Gasteiger partial charge is 0.480 e. The minimum atomic E-state index is -0.183. The van der Waals surface area contributed by atoms with Crippen molar-refractivity contribution in [1.82, 2.24) is 30.2 Å². The number of ether oxygens (including phenoxy) is 1. The summed E-state index contributed by atoms with van der Waals surface area (Å²) in [5, 5.41) is 7.27. The van der Waals surface area contributed by atoms with E-state index in [-0.39, 0.29) is 17.5 Å². The maximum absolute atomic E-state index is 11.7. The molecule has 164 valence electrons. The van der Waals surface area contributed by atoms with Gasteiger partial charge in [0, 0.05) is 42.2 Å². The monoisotopic (exact) mass is 431 g/mol. The van der Waals surface area contributed by atoms with E-state index >= 15 is 0 Å². The van der Waals surface area contributed by atoms with Crippen molar-refractivity contribution in [3.05, 3.63) is 36.8 Å². The van der Waals surface area contributed by atoms with Gasteiger partial charge in [-0.2, -0.15) is 9.97 Å². The highest BCUT2D eigenvalue weighted by molar-refractivity contribution is 5.99. The highest BCUT2D eigenvalue weighted by atomic mass is 16.5. The predicted octanol–water partition coefficient (Wildman–Crippen LogP) is 3.44. The summed E-state index contributed by atoms with van der Waals surface area (Å²) >= 11 is 0. The van der Waals surface area contributed by atoms with Crippen molar-refractivity contribution in [3.63, 3.8) is 0 Å². The van der Waals surface area contributed by atoms with Crippen molar-refractivity contribution >= 4 is 33.9 Å². The fraction of sp³-hybridized carbons (Fsp3) is 0.348. The van der Waals surface area contributed by atoms with E-state index in [1.807, 2.05) is 31.3 Å². The Kier molecular flexibility index (Phi) is 4.88. The molecule has 0 saturated heterocycles. The minimum Gasteiger partial charge on any atom is -0.480 e. The van der Waals surface area contributed by atoms with E-state index in [2.05, 4.69) is 42.5 Å². The Labute approximate surface area is 185 Å². The summed E-state index contributed by atoms with van der Waals surface area (Å²) in [6.45, 7) is 3.92. The molecule has 9 heteroatoms. The third kappa shape index (κ3) is 3.59. The Morgan fingerprint density at radius 2 is 2.00 bits per heavy atom. The second kappa shape index (κ2) is 7.74. The minimum absolute atomic E-state index is 0.0730. The fourth-order valence-corrected chi connectivity index (χ4v) is 4.41. The molecule has 1 aromatic carbocycles. The van der Waals surface area contributed by atoms with Gasteiger partial charge in [-0.25, -0.2) is 0 Å². The number of nitrogens with one attached hydrogen (secondary N) is 3. The van der Waals surface area contributed by atoms with Gasteiger partial charge in [-0.3, -0.25) is 14.8 Å². The third-order valence-corrected chi connectivity index (χ3v) is 5.96. The van der Waals surface area contributed by atoms with Crippen LogP contribution in [0.15, 0.2) is 36.8 Å². The molecule has 32 heavy (non-hydrogen) atoms. The van der Waals surface area contributed by atoms with E-state index < -0.39 is 0 Å². The van der Waals surface area contributed by atoms with Crippen LogP contribution < -0.4 is 15.4 Å². The Bertz CT molecular complexity index is 1310. The number of methoxy groups -OCH3 is 1. The Hall–Kier alpha value is -3.75. The average Bonchev–Trinajstić information content (AvgIpc) is 3.21. The first-order valence-electron chi connectivity index (χ1n) is 10.7. The van der Waals surface area contributed by atoms with Crippen molar-refractivity contribution in [2.75, 3.05) is 12.4 Å². The molecule has 3 heterocycles. The van der Waals surface area contributed by atoms with E-state index in [1.54, 1.807) is 19.5 Å². The second-order valence-corrected chi connectivity index (χ2v) is 8.45. The van der Waals surface area contributed by atoms with Crippen LogP contribution >= 0.6 is 0 Å². The first kappa shape index (κ1) is 20.2. The summed E-state index contributed by atoms with van der Waals surface area (Å²) in [5.74, 6) is 1.07. The number of aromatic amines is 1. The summed E-state index contributed by atoms with van der Waals surface area (Å²) in [6, 6.07) is 6.14. The molecule has 0 radical (unpaired) electrons. The lowest BCUT2D eigenvalue weighted by Gasteiger charge is -2.45. The lowest BCUT2D eigenvalue weighted by molar-refractivity contribution is -0.123. The zero-order valence-electron chi connectivity index (χ0n) is 18.3. The molecule has 9 nitrogen and oxygen atoms in total. The molecule has 1 fully saturated rings. The molecule has 1 aliphatic rings. The third-order valence-electron chi connectivity index (χ3n) is 5.96. The molecular formula is C23H25N7O2. The summed E-state index contributed by atoms with van der Waals surface area (Å²) < 4.78 is 5.62. The molecule has 1 amide bonds. The number of amides is 1. The molecule has 3 N–H and O–H groups in total. The van der Waals surface area contributed by atoms with Crippen molar-refractivity contribution < 1.29 is 9.53 Å². The molecule has 5 rings (SSSR count). The topological polar surface area (TPSA) is 118 Å². The Morgan fingerprint density at radius 1 is 1.22 bits per heavy atom. The fourth-order valence-electron chi connectivity index (χ4n) is 4.41. The van der Waals surface area contributed by atoms with Crippen molar-refractivity contribution in [2.24, 2.45) is 0 Å². The van der Waals surface area contributed by atoms with Crippen molar-refractivity contribution in [1.29, 1.82) is 0 Å². The zero-order valence-corrected chi connectivity index (χ0v) is 18.3. The average molecular weight is 432 g/mol. The van der Waals surface area contributed by atoms with Crippen LogP contribution in [0.3, 0.4) is 0 Å². The molecule has 4 aromatic rings. The van der Waals surface area contributed by atoms with Gasteiger partial charge in [0.2, 0.25) is 17.7 Å². The molecular weight excluding hydrogens is 406 g/mol. The van der Waals surface area contributed by atoms with E-state index in [1.165, 1.54) is 0 Å². The van der Waals surface area contributed by atoms with Crippen LogP contribution in [0.2, 0.25) is 0 Å². The number of anilines is 1. The van der Waals surface area contributed by atoms with E-state index in [0.717, 1.165) is 40.4 Å². The highest BCUT2D eigenvalue weighted by Crippen LogP contribution is 2.37. The van der Waals surface area contributed by atoms with Gasteiger partial charge in [0.05, 0.1) is 23.5 Å². The van der Waals surface area contributed by atoms with Gasteiger partial charge in [-0.1, -0.05) is 13.0 Å². The number of carbonyl (C=O) groups is 1. The van der Waals surface area contributed by atoms with Gasteiger partial charge < -0.3 is 20.4 Å². The molecule has 0 bridgehead atoms. The lowest BCUT2D eigenvalue weighted by atomic mass is 9.74. The SMILES string of the molecule is CCC(=O)N[C@]1(C)C[C@@H](Nc2nc(OC)c3c(-c4ccc5nccnc5c4)c[nH]c3n2)C1. The number of H-pyrrole nitrogens is 1. The number of hydrogen-bond acceptors (Lipinski definition) is 7. The molecule has 0 unspecified atom stereocenters.